The second-order valence-electron chi connectivity index (χ2n) is 17.3. The Morgan fingerprint density at radius 3 is 2.07 bits per heavy atom. The summed E-state index contributed by atoms with van der Waals surface area (Å²) in [5, 5.41) is 7.66. The van der Waals surface area contributed by atoms with Gasteiger partial charge < -0.3 is 39.6 Å². The van der Waals surface area contributed by atoms with Crippen LogP contribution in [0.2, 0.25) is 0 Å². The molecule has 2 saturated heterocycles. The van der Waals surface area contributed by atoms with Gasteiger partial charge in [0.15, 0.2) is 0 Å². The van der Waals surface area contributed by atoms with Gasteiger partial charge in [0.25, 0.3) is 0 Å². The monoisotopic (exact) mass is 817 g/mol. The quantitative estimate of drug-likeness (QED) is 0.155. The number of H-pyrrole nitrogens is 1. The van der Waals surface area contributed by atoms with Crippen LogP contribution in [-0.4, -0.2) is 93.9 Å². The molecule has 0 saturated carbocycles. The molecule has 3 N–H and O–H groups in total. The SMILES string of the molecule is COC(=O)N[C@H](C(=O)N1C(C2=Nc3ccc4cc5c(cc4c3C2)OCc2cc(-c3cnc([C@@H]4CC[C@H](C)N4C(=O)[C@@H](NC(=O)OC)C(C)C)[nH]3)ccc2-5)CC[C@@H]1C)C(C)C. The molecule has 316 valence electrons. The number of imidazole rings is 1. The minimum Gasteiger partial charge on any atom is -0.488 e. The summed E-state index contributed by atoms with van der Waals surface area (Å²) < 4.78 is 16.1. The second kappa shape index (κ2) is 16.3. The van der Waals surface area contributed by atoms with Crippen LogP contribution in [0.3, 0.4) is 0 Å². The van der Waals surface area contributed by atoms with E-state index in [9.17, 15) is 19.2 Å². The molecule has 5 heterocycles. The van der Waals surface area contributed by atoms with Gasteiger partial charge in [0.1, 0.15) is 30.3 Å². The number of fused-ring (bicyclic) bond motifs is 6. The Morgan fingerprint density at radius 1 is 0.800 bits per heavy atom. The first-order chi connectivity index (χ1) is 28.8. The molecule has 4 aliphatic rings. The average molecular weight is 818 g/mol. The fourth-order valence-electron chi connectivity index (χ4n) is 9.57. The summed E-state index contributed by atoms with van der Waals surface area (Å²) in [5.74, 6) is 1.03. The summed E-state index contributed by atoms with van der Waals surface area (Å²) in [5.41, 5.74) is 8.00. The van der Waals surface area contributed by atoms with E-state index in [2.05, 4.69) is 65.0 Å². The number of nitrogens with zero attached hydrogens (tertiary/aromatic N) is 4. The second-order valence-corrected chi connectivity index (χ2v) is 17.3. The number of aliphatic imine (C=N–C) groups is 1. The number of rotatable bonds is 9. The van der Waals surface area contributed by atoms with Gasteiger partial charge >= 0.3 is 12.2 Å². The smallest absolute Gasteiger partial charge is 0.407 e. The summed E-state index contributed by atoms with van der Waals surface area (Å²) in [4.78, 5) is 69.3. The lowest BCUT2D eigenvalue weighted by molar-refractivity contribution is -0.137. The van der Waals surface area contributed by atoms with Crippen molar-refractivity contribution in [2.24, 2.45) is 16.8 Å². The molecule has 3 aromatic carbocycles. The molecule has 0 aliphatic carbocycles. The molecule has 60 heavy (non-hydrogen) atoms. The Bertz CT molecular complexity index is 2390. The van der Waals surface area contributed by atoms with Crippen molar-refractivity contribution < 1.29 is 33.4 Å². The molecule has 2 fully saturated rings. The molecule has 4 aromatic rings. The number of nitrogens with one attached hydrogen (secondary N) is 3. The van der Waals surface area contributed by atoms with Gasteiger partial charge in [-0.25, -0.2) is 14.6 Å². The summed E-state index contributed by atoms with van der Waals surface area (Å²) >= 11 is 0. The summed E-state index contributed by atoms with van der Waals surface area (Å²) in [7, 11) is 2.60. The van der Waals surface area contributed by atoms with E-state index in [1.54, 1.807) is 0 Å². The topological polar surface area (TPSA) is 168 Å². The van der Waals surface area contributed by atoms with Crippen LogP contribution in [0.1, 0.15) is 90.2 Å². The van der Waals surface area contributed by atoms with E-state index in [0.29, 0.717) is 18.9 Å². The van der Waals surface area contributed by atoms with Gasteiger partial charge in [-0.1, -0.05) is 45.9 Å². The molecular formula is C46H55N7O7. The largest absolute Gasteiger partial charge is 0.488 e. The predicted molar refractivity (Wildman–Crippen MR) is 228 cm³/mol. The highest BCUT2D eigenvalue weighted by atomic mass is 16.5. The number of aromatic nitrogens is 2. The Kier molecular flexibility index (Phi) is 11.1. The number of carbonyl (C=O) groups excluding carboxylic acids is 4. The van der Waals surface area contributed by atoms with Crippen LogP contribution in [0.25, 0.3) is 33.2 Å². The lowest BCUT2D eigenvalue weighted by Gasteiger charge is -2.33. The number of likely N-dealkylation sites (tertiary alicyclic amines) is 2. The van der Waals surface area contributed by atoms with Gasteiger partial charge in [0.2, 0.25) is 11.8 Å². The highest BCUT2D eigenvalue weighted by Crippen LogP contribution is 2.45. The van der Waals surface area contributed by atoms with Crippen LogP contribution in [0.15, 0.2) is 53.7 Å². The minimum absolute atomic E-state index is 0.0116. The normalized spacial score (nSPS) is 21.5. The molecule has 0 bridgehead atoms. The number of carbonyl (C=O) groups is 4. The molecule has 4 aliphatic heterocycles. The first-order valence-electron chi connectivity index (χ1n) is 21.1. The van der Waals surface area contributed by atoms with Gasteiger partial charge in [0, 0.05) is 29.8 Å². The number of amides is 4. The molecule has 6 atom stereocenters. The number of hydrogen-bond acceptors (Lipinski definition) is 9. The first-order valence-corrected chi connectivity index (χ1v) is 21.1. The van der Waals surface area contributed by atoms with Gasteiger partial charge in [-0.2, -0.15) is 0 Å². The van der Waals surface area contributed by atoms with Crippen molar-refractivity contribution in [1.82, 2.24) is 30.4 Å². The fourth-order valence-corrected chi connectivity index (χ4v) is 9.57. The lowest BCUT2D eigenvalue weighted by Crippen LogP contribution is -2.55. The first kappa shape index (κ1) is 40.8. The van der Waals surface area contributed by atoms with Crippen molar-refractivity contribution in [1.29, 1.82) is 0 Å². The molecule has 14 heteroatoms. The molecule has 4 amide bonds. The molecular weight excluding hydrogens is 763 g/mol. The summed E-state index contributed by atoms with van der Waals surface area (Å²) in [6, 6.07) is 13.1. The van der Waals surface area contributed by atoms with E-state index in [1.807, 2.05) is 50.6 Å². The minimum atomic E-state index is -0.715. The Balaban J connectivity index is 1.01. The van der Waals surface area contributed by atoms with Gasteiger partial charge in [-0.15, -0.1) is 0 Å². The number of ether oxygens (including phenoxy) is 3. The number of hydrogen-bond donors (Lipinski definition) is 3. The Labute approximate surface area is 350 Å². The number of alkyl carbamates (subject to hydrolysis) is 2. The molecule has 8 rings (SSSR count). The highest BCUT2D eigenvalue weighted by Gasteiger charge is 2.43. The van der Waals surface area contributed by atoms with Crippen LogP contribution in [0, 0.1) is 11.8 Å². The third-order valence-electron chi connectivity index (χ3n) is 12.8. The van der Waals surface area contributed by atoms with Gasteiger partial charge in [0.05, 0.1) is 43.9 Å². The summed E-state index contributed by atoms with van der Waals surface area (Å²) in [6.07, 6.45) is 4.45. The third kappa shape index (κ3) is 7.34. The fraction of sp³-hybridized carbons (Fsp3) is 0.478. The van der Waals surface area contributed by atoms with Crippen LogP contribution in [-0.2, 0) is 32.1 Å². The Morgan fingerprint density at radius 2 is 1.43 bits per heavy atom. The van der Waals surface area contributed by atoms with Crippen molar-refractivity contribution in [3.05, 3.63) is 65.6 Å². The molecule has 0 radical (unpaired) electrons. The van der Waals surface area contributed by atoms with Crippen molar-refractivity contribution >= 4 is 46.2 Å². The van der Waals surface area contributed by atoms with Gasteiger partial charge in [-0.3, -0.25) is 14.6 Å². The maximum Gasteiger partial charge on any atom is 0.407 e. The third-order valence-corrected chi connectivity index (χ3v) is 12.8. The standard InChI is InChI=1S/C46H55N7O7/c1-23(2)40(50-45(56)58-7)43(54)52-25(5)9-15-37(52)35-19-32-31-20-39-33(18-27(31)12-14-34(32)48-35)30-13-11-28(17-29(30)22-60-39)36-21-47-42(49-36)38-16-10-26(6)53(38)44(55)41(24(3)4)51-46(57)59-8/h11-14,17-18,20-21,23-26,37-38,40-41H,9-10,15-16,19,22H2,1-8H3,(H,47,49)(H,50,56)(H,51,57)/t25-,26-,37?,38-,40-,41-/m0/s1. The van der Waals surface area contributed by atoms with E-state index in [0.717, 1.165) is 87.1 Å². The molecule has 14 nitrogen and oxygen atoms in total. The average Bonchev–Trinajstić information content (AvgIpc) is 4.06. The van der Waals surface area contributed by atoms with E-state index in [-0.39, 0.29) is 47.8 Å². The zero-order valence-electron chi connectivity index (χ0n) is 35.6. The van der Waals surface area contributed by atoms with Gasteiger partial charge in [-0.05, 0) is 109 Å². The van der Waals surface area contributed by atoms with Crippen LogP contribution >= 0.6 is 0 Å². The maximum atomic E-state index is 14.0. The van der Waals surface area contributed by atoms with Crippen molar-refractivity contribution in [3.8, 4) is 28.1 Å². The number of aromatic amines is 1. The van der Waals surface area contributed by atoms with Crippen molar-refractivity contribution in [3.63, 3.8) is 0 Å². The van der Waals surface area contributed by atoms with Crippen LogP contribution in [0.5, 0.6) is 5.75 Å². The highest BCUT2D eigenvalue weighted by molar-refractivity contribution is 6.06. The van der Waals surface area contributed by atoms with Crippen LogP contribution in [0.4, 0.5) is 15.3 Å². The maximum absolute atomic E-state index is 14.0. The predicted octanol–water partition coefficient (Wildman–Crippen LogP) is 7.61. The number of methoxy groups -OCH3 is 2. The van der Waals surface area contributed by atoms with E-state index < -0.39 is 24.3 Å². The molecule has 0 spiro atoms. The summed E-state index contributed by atoms with van der Waals surface area (Å²) in [6.45, 7) is 12.2. The molecule has 1 aromatic heterocycles. The lowest BCUT2D eigenvalue weighted by atomic mass is 9.90. The zero-order valence-corrected chi connectivity index (χ0v) is 35.6. The Hall–Kier alpha value is -5.92. The van der Waals surface area contributed by atoms with E-state index in [1.165, 1.54) is 14.2 Å². The van der Waals surface area contributed by atoms with E-state index in [4.69, 9.17) is 24.2 Å². The molecule has 1 unspecified atom stereocenters. The van der Waals surface area contributed by atoms with E-state index >= 15 is 0 Å². The van der Waals surface area contributed by atoms with Crippen molar-refractivity contribution in [2.45, 2.75) is 117 Å². The zero-order chi connectivity index (χ0) is 42.6. The number of benzene rings is 3. The van der Waals surface area contributed by atoms with Crippen molar-refractivity contribution in [2.75, 3.05) is 14.2 Å². The van der Waals surface area contributed by atoms with Crippen LogP contribution < -0.4 is 15.4 Å².